The van der Waals surface area contributed by atoms with Gasteiger partial charge in [-0.15, -0.1) is 11.6 Å². The molecule has 3 heteroatoms. The molecule has 0 saturated heterocycles. The average Bonchev–Trinajstić information content (AvgIpc) is 2.20. The van der Waals surface area contributed by atoms with Crippen molar-refractivity contribution in [2.45, 2.75) is 13.8 Å². The van der Waals surface area contributed by atoms with E-state index in [2.05, 4.69) is 0 Å². The van der Waals surface area contributed by atoms with Gasteiger partial charge in [0.25, 0.3) is 0 Å². The van der Waals surface area contributed by atoms with Gasteiger partial charge < -0.3 is 4.74 Å². The normalized spacial score (nSPS) is 9.93. The molecule has 0 unspecified atom stereocenters. The predicted octanol–water partition coefficient (Wildman–Crippen LogP) is 2.82. The predicted molar refractivity (Wildman–Crippen MR) is 57.4 cm³/mol. The minimum Gasteiger partial charge on any atom is -0.494 e. The minimum atomic E-state index is -0.0576. The fourth-order valence-corrected chi connectivity index (χ4v) is 1.37. The lowest BCUT2D eigenvalue weighted by molar-refractivity contribution is 0.102. The van der Waals surface area contributed by atoms with Crippen LogP contribution < -0.4 is 4.74 Å². The van der Waals surface area contributed by atoms with Crippen LogP contribution in [0.15, 0.2) is 18.2 Å². The third kappa shape index (κ3) is 2.48. The summed E-state index contributed by atoms with van der Waals surface area (Å²) in [5.41, 5.74) is 1.60. The zero-order valence-electron chi connectivity index (χ0n) is 8.34. The third-order valence-corrected chi connectivity index (χ3v) is 2.16. The van der Waals surface area contributed by atoms with Crippen LogP contribution in [0.25, 0.3) is 0 Å². The van der Waals surface area contributed by atoms with E-state index in [9.17, 15) is 4.79 Å². The minimum absolute atomic E-state index is 0.0213. The van der Waals surface area contributed by atoms with Gasteiger partial charge in [0.2, 0.25) is 0 Å². The zero-order chi connectivity index (χ0) is 10.6. The second-order valence-corrected chi connectivity index (χ2v) is 3.24. The molecule has 0 heterocycles. The molecule has 0 aliphatic carbocycles. The molecular weight excluding hydrogens is 200 g/mol. The van der Waals surface area contributed by atoms with E-state index in [0.29, 0.717) is 12.2 Å². The van der Waals surface area contributed by atoms with Gasteiger partial charge in [0.05, 0.1) is 12.5 Å². The SMILES string of the molecule is CCOc1ccc(C(=O)CCl)cc1C. The maximum Gasteiger partial charge on any atom is 0.177 e. The maximum atomic E-state index is 11.3. The average molecular weight is 213 g/mol. The largest absolute Gasteiger partial charge is 0.494 e. The lowest BCUT2D eigenvalue weighted by Gasteiger charge is -2.07. The number of benzene rings is 1. The van der Waals surface area contributed by atoms with Crippen LogP contribution in [0.5, 0.6) is 5.75 Å². The van der Waals surface area contributed by atoms with Crippen LogP contribution in [0.1, 0.15) is 22.8 Å². The standard InChI is InChI=1S/C11H13ClO2/c1-3-14-11-5-4-9(6-8(11)2)10(13)7-12/h4-6H,3,7H2,1-2H3. The Balaban J connectivity index is 2.94. The number of hydrogen-bond donors (Lipinski definition) is 0. The smallest absolute Gasteiger partial charge is 0.177 e. The summed E-state index contributed by atoms with van der Waals surface area (Å²) >= 11 is 5.46. The van der Waals surface area contributed by atoms with Crippen LogP contribution in [0.4, 0.5) is 0 Å². The molecule has 1 aromatic carbocycles. The van der Waals surface area contributed by atoms with Gasteiger partial charge in [0, 0.05) is 5.56 Å². The van der Waals surface area contributed by atoms with Crippen molar-refractivity contribution >= 4 is 17.4 Å². The van der Waals surface area contributed by atoms with Crippen LogP contribution in [-0.4, -0.2) is 18.3 Å². The molecule has 0 spiro atoms. The topological polar surface area (TPSA) is 26.3 Å². The summed E-state index contributed by atoms with van der Waals surface area (Å²) < 4.78 is 5.36. The highest BCUT2D eigenvalue weighted by molar-refractivity contribution is 6.30. The van der Waals surface area contributed by atoms with E-state index in [1.807, 2.05) is 13.8 Å². The molecule has 2 nitrogen and oxygen atoms in total. The van der Waals surface area contributed by atoms with Crippen molar-refractivity contribution < 1.29 is 9.53 Å². The molecule has 1 rings (SSSR count). The number of aryl methyl sites for hydroxylation is 1. The number of rotatable bonds is 4. The van der Waals surface area contributed by atoms with Crippen LogP contribution in [0.2, 0.25) is 0 Å². The van der Waals surface area contributed by atoms with Crippen molar-refractivity contribution in [3.8, 4) is 5.75 Å². The first kappa shape index (κ1) is 11.1. The summed E-state index contributed by atoms with van der Waals surface area (Å²) in [6.07, 6.45) is 0. The monoisotopic (exact) mass is 212 g/mol. The molecule has 0 aliphatic heterocycles. The van der Waals surface area contributed by atoms with E-state index in [1.165, 1.54) is 0 Å². The van der Waals surface area contributed by atoms with E-state index in [4.69, 9.17) is 16.3 Å². The van der Waals surface area contributed by atoms with Gasteiger partial charge in [-0.3, -0.25) is 4.79 Å². The Hall–Kier alpha value is -1.02. The number of ether oxygens (including phenoxy) is 1. The number of hydrogen-bond acceptors (Lipinski definition) is 2. The molecule has 0 atom stereocenters. The van der Waals surface area contributed by atoms with Gasteiger partial charge in [0.1, 0.15) is 5.75 Å². The van der Waals surface area contributed by atoms with Gasteiger partial charge in [0.15, 0.2) is 5.78 Å². The summed E-state index contributed by atoms with van der Waals surface area (Å²) in [5, 5.41) is 0. The van der Waals surface area contributed by atoms with E-state index in [-0.39, 0.29) is 11.7 Å². The van der Waals surface area contributed by atoms with Crippen molar-refractivity contribution in [2.24, 2.45) is 0 Å². The molecule has 0 radical (unpaired) electrons. The lowest BCUT2D eigenvalue weighted by atomic mass is 10.1. The molecule has 0 bridgehead atoms. The van der Waals surface area contributed by atoms with Gasteiger partial charge >= 0.3 is 0 Å². The van der Waals surface area contributed by atoms with Crippen LogP contribution in [0.3, 0.4) is 0 Å². The van der Waals surface area contributed by atoms with Crippen molar-refractivity contribution in [3.05, 3.63) is 29.3 Å². The van der Waals surface area contributed by atoms with E-state index < -0.39 is 0 Å². The Labute approximate surface area is 88.8 Å². The number of alkyl halides is 1. The van der Waals surface area contributed by atoms with Crippen molar-refractivity contribution in [1.29, 1.82) is 0 Å². The molecule has 0 fully saturated rings. The Morgan fingerprint density at radius 2 is 2.21 bits per heavy atom. The Morgan fingerprint density at radius 1 is 1.50 bits per heavy atom. The van der Waals surface area contributed by atoms with E-state index >= 15 is 0 Å². The first-order chi connectivity index (χ1) is 6.69. The van der Waals surface area contributed by atoms with Gasteiger partial charge in [-0.05, 0) is 37.6 Å². The van der Waals surface area contributed by atoms with Gasteiger partial charge in [-0.25, -0.2) is 0 Å². The summed E-state index contributed by atoms with van der Waals surface area (Å²) in [7, 11) is 0. The number of carbonyl (C=O) groups is 1. The Kier molecular flexibility index (Phi) is 3.96. The number of Topliss-reactive ketones (excluding diaryl/α,β-unsaturated/α-hetero) is 1. The molecule has 0 aromatic heterocycles. The second kappa shape index (κ2) is 5.01. The van der Waals surface area contributed by atoms with Crippen molar-refractivity contribution in [2.75, 3.05) is 12.5 Å². The highest BCUT2D eigenvalue weighted by Gasteiger charge is 2.06. The van der Waals surface area contributed by atoms with Crippen LogP contribution >= 0.6 is 11.6 Å². The molecular formula is C11H13ClO2. The highest BCUT2D eigenvalue weighted by Crippen LogP contribution is 2.19. The summed E-state index contributed by atoms with van der Waals surface area (Å²) in [4.78, 5) is 11.3. The molecule has 0 amide bonds. The number of carbonyl (C=O) groups excluding carboxylic acids is 1. The summed E-state index contributed by atoms with van der Waals surface area (Å²) in [6, 6.07) is 5.34. The lowest BCUT2D eigenvalue weighted by Crippen LogP contribution is -2.01. The van der Waals surface area contributed by atoms with Crippen LogP contribution in [0, 0.1) is 6.92 Å². The summed E-state index contributed by atoms with van der Waals surface area (Å²) in [6.45, 7) is 4.47. The Morgan fingerprint density at radius 3 is 2.71 bits per heavy atom. The molecule has 0 saturated carbocycles. The van der Waals surface area contributed by atoms with Crippen LogP contribution in [-0.2, 0) is 0 Å². The highest BCUT2D eigenvalue weighted by atomic mass is 35.5. The molecule has 0 aliphatic rings. The van der Waals surface area contributed by atoms with Gasteiger partial charge in [-0.2, -0.15) is 0 Å². The molecule has 76 valence electrons. The van der Waals surface area contributed by atoms with Gasteiger partial charge in [-0.1, -0.05) is 0 Å². The molecule has 0 N–H and O–H groups in total. The molecule has 14 heavy (non-hydrogen) atoms. The molecule has 1 aromatic rings. The first-order valence-electron chi connectivity index (χ1n) is 4.51. The van der Waals surface area contributed by atoms with E-state index in [0.717, 1.165) is 11.3 Å². The first-order valence-corrected chi connectivity index (χ1v) is 5.05. The van der Waals surface area contributed by atoms with Crippen molar-refractivity contribution in [1.82, 2.24) is 0 Å². The fourth-order valence-electron chi connectivity index (χ4n) is 1.22. The zero-order valence-corrected chi connectivity index (χ0v) is 9.10. The third-order valence-electron chi connectivity index (χ3n) is 1.92. The quantitative estimate of drug-likeness (QED) is 0.567. The number of ketones is 1. The second-order valence-electron chi connectivity index (χ2n) is 2.97. The maximum absolute atomic E-state index is 11.3. The summed E-state index contributed by atoms with van der Waals surface area (Å²) in [5.74, 6) is 0.782. The number of halogens is 1. The Bertz CT molecular complexity index is 334. The van der Waals surface area contributed by atoms with E-state index in [1.54, 1.807) is 18.2 Å². The fraction of sp³-hybridized carbons (Fsp3) is 0.364. The van der Waals surface area contributed by atoms with Crippen molar-refractivity contribution in [3.63, 3.8) is 0 Å².